The van der Waals surface area contributed by atoms with Gasteiger partial charge in [-0.1, -0.05) is 12.1 Å². The molecule has 1 aliphatic rings. The topological polar surface area (TPSA) is 129 Å². The number of aromatic nitrogens is 1. The summed E-state index contributed by atoms with van der Waals surface area (Å²) < 4.78 is 25.7. The van der Waals surface area contributed by atoms with Gasteiger partial charge < -0.3 is 15.3 Å². The minimum Gasteiger partial charge on any atom is -0.477 e. The Kier molecular flexibility index (Phi) is 7.31. The third-order valence-electron chi connectivity index (χ3n) is 5.44. The standard InChI is InChI=1S/C22H24N4O5S3/c1-34(30,31)25-15-6-9-26(10-7-15)18-5-3-2-4-16(18)24-21(27)17-13-33-19(23-17)12-14-8-11-32-20(14)22(28)29/h2-5,8,11,13,15,25H,6-7,9-10,12H2,1H3,(H,24,27)(H,28,29). The maximum atomic E-state index is 12.9. The van der Waals surface area contributed by atoms with E-state index in [1.54, 1.807) is 16.8 Å². The van der Waals surface area contributed by atoms with Crippen molar-refractivity contribution in [2.75, 3.05) is 29.6 Å². The lowest BCUT2D eigenvalue weighted by atomic mass is 10.0. The van der Waals surface area contributed by atoms with E-state index in [0.717, 1.165) is 5.69 Å². The molecule has 3 N–H and O–H groups in total. The van der Waals surface area contributed by atoms with Gasteiger partial charge in [-0.3, -0.25) is 4.79 Å². The molecular weight excluding hydrogens is 496 g/mol. The summed E-state index contributed by atoms with van der Waals surface area (Å²) in [6.07, 6.45) is 2.87. The molecule has 34 heavy (non-hydrogen) atoms. The molecular formula is C22H24N4O5S3. The zero-order chi connectivity index (χ0) is 24.3. The Bertz CT molecular complexity index is 1290. The first-order valence-electron chi connectivity index (χ1n) is 10.6. The van der Waals surface area contributed by atoms with Gasteiger partial charge in [0.05, 0.1) is 22.6 Å². The first-order valence-corrected chi connectivity index (χ1v) is 14.2. The minimum absolute atomic E-state index is 0.0914. The number of piperidine rings is 1. The second kappa shape index (κ2) is 10.2. The van der Waals surface area contributed by atoms with Crippen LogP contribution in [0.5, 0.6) is 0 Å². The van der Waals surface area contributed by atoms with Crippen molar-refractivity contribution < 1.29 is 23.1 Å². The molecule has 9 nitrogen and oxygen atoms in total. The number of hydrogen-bond acceptors (Lipinski definition) is 8. The summed E-state index contributed by atoms with van der Waals surface area (Å²) in [6, 6.07) is 9.16. The van der Waals surface area contributed by atoms with Crippen LogP contribution in [0.2, 0.25) is 0 Å². The highest BCUT2D eigenvalue weighted by molar-refractivity contribution is 7.88. The number of hydrogen-bond donors (Lipinski definition) is 3. The molecule has 3 heterocycles. The highest BCUT2D eigenvalue weighted by Crippen LogP contribution is 2.29. The molecule has 3 aromatic rings. The maximum absolute atomic E-state index is 12.9. The Morgan fingerprint density at radius 1 is 1.18 bits per heavy atom. The van der Waals surface area contributed by atoms with Crippen LogP contribution in [0.1, 0.15) is 43.6 Å². The summed E-state index contributed by atoms with van der Waals surface area (Å²) in [6.45, 7) is 1.32. The summed E-state index contributed by atoms with van der Waals surface area (Å²) in [5.74, 6) is -1.31. The van der Waals surface area contributed by atoms with Gasteiger partial charge in [0.25, 0.3) is 5.91 Å². The van der Waals surface area contributed by atoms with E-state index in [-0.39, 0.29) is 22.5 Å². The van der Waals surface area contributed by atoms with Gasteiger partial charge >= 0.3 is 5.97 Å². The lowest BCUT2D eigenvalue weighted by molar-refractivity contribution is 0.0701. The van der Waals surface area contributed by atoms with E-state index >= 15 is 0 Å². The number of thiophene rings is 1. The SMILES string of the molecule is CS(=O)(=O)NC1CCN(c2ccccc2NC(=O)c2csc(Cc3ccsc3C(=O)O)n2)CC1. The summed E-state index contributed by atoms with van der Waals surface area (Å²) in [5, 5.41) is 16.3. The molecule has 0 saturated carbocycles. The molecule has 0 radical (unpaired) electrons. The number of aromatic carboxylic acids is 1. The highest BCUT2D eigenvalue weighted by Gasteiger charge is 2.24. The number of carboxylic acid groups (broad SMARTS) is 1. The van der Waals surface area contributed by atoms with Crippen LogP contribution in [-0.2, 0) is 16.4 Å². The van der Waals surface area contributed by atoms with Crippen LogP contribution in [-0.4, -0.2) is 55.8 Å². The van der Waals surface area contributed by atoms with Gasteiger partial charge in [0, 0.05) is 30.9 Å². The predicted molar refractivity (Wildman–Crippen MR) is 134 cm³/mol. The second-order valence-corrected chi connectivity index (χ2v) is 11.6. The number of sulfonamides is 1. The van der Waals surface area contributed by atoms with Gasteiger partial charge in [-0.2, -0.15) is 0 Å². The summed E-state index contributed by atoms with van der Waals surface area (Å²) in [4.78, 5) is 31.0. The molecule has 12 heteroatoms. The van der Waals surface area contributed by atoms with Crippen LogP contribution in [0, 0.1) is 0 Å². The summed E-state index contributed by atoms with van der Waals surface area (Å²) in [5.41, 5.74) is 2.48. The van der Waals surface area contributed by atoms with Gasteiger partial charge in [-0.05, 0) is 42.0 Å². The molecule has 0 atom stereocenters. The Morgan fingerprint density at radius 3 is 2.62 bits per heavy atom. The van der Waals surface area contributed by atoms with E-state index in [1.807, 2.05) is 24.3 Å². The monoisotopic (exact) mass is 520 g/mol. The highest BCUT2D eigenvalue weighted by atomic mass is 32.2. The summed E-state index contributed by atoms with van der Waals surface area (Å²) in [7, 11) is -3.24. The van der Waals surface area contributed by atoms with E-state index < -0.39 is 16.0 Å². The number of nitrogens with zero attached hydrogens (tertiary/aromatic N) is 2. The zero-order valence-electron chi connectivity index (χ0n) is 18.4. The molecule has 1 aromatic carbocycles. The van der Waals surface area contributed by atoms with Crippen LogP contribution in [0.25, 0.3) is 0 Å². The molecule has 4 rings (SSSR count). The zero-order valence-corrected chi connectivity index (χ0v) is 20.8. The van der Waals surface area contributed by atoms with Gasteiger partial charge in [-0.25, -0.2) is 22.9 Å². The van der Waals surface area contributed by atoms with E-state index in [9.17, 15) is 23.1 Å². The lowest BCUT2D eigenvalue weighted by Crippen LogP contribution is -2.44. The number of benzene rings is 1. The van der Waals surface area contributed by atoms with Gasteiger partial charge in [0.1, 0.15) is 10.6 Å². The van der Waals surface area contributed by atoms with Crippen molar-refractivity contribution >= 4 is 55.9 Å². The molecule has 1 amide bonds. The van der Waals surface area contributed by atoms with Crippen LogP contribution in [0.3, 0.4) is 0 Å². The Morgan fingerprint density at radius 2 is 1.91 bits per heavy atom. The Balaban J connectivity index is 1.42. The predicted octanol–water partition coefficient (Wildman–Crippen LogP) is 3.26. The number of carbonyl (C=O) groups excluding carboxylic acids is 1. The number of para-hydroxylation sites is 2. The molecule has 1 fully saturated rings. The van der Waals surface area contributed by atoms with Crippen molar-refractivity contribution in [3.8, 4) is 0 Å². The second-order valence-electron chi connectivity index (χ2n) is 8.01. The number of anilines is 2. The largest absolute Gasteiger partial charge is 0.477 e. The molecule has 0 unspecified atom stereocenters. The van der Waals surface area contributed by atoms with Gasteiger partial charge in [0.2, 0.25) is 10.0 Å². The van der Waals surface area contributed by atoms with E-state index in [0.29, 0.717) is 48.6 Å². The summed E-state index contributed by atoms with van der Waals surface area (Å²) >= 11 is 2.49. The first kappa shape index (κ1) is 24.3. The quantitative estimate of drug-likeness (QED) is 0.416. The van der Waals surface area contributed by atoms with Crippen molar-refractivity contribution in [2.24, 2.45) is 0 Å². The van der Waals surface area contributed by atoms with Crippen molar-refractivity contribution in [2.45, 2.75) is 25.3 Å². The minimum atomic E-state index is -3.24. The van der Waals surface area contributed by atoms with Crippen molar-refractivity contribution in [1.82, 2.24) is 9.71 Å². The third-order valence-corrected chi connectivity index (χ3v) is 7.99. The Hall–Kier alpha value is -2.80. The first-order chi connectivity index (χ1) is 16.2. The van der Waals surface area contributed by atoms with E-state index in [2.05, 4.69) is 19.9 Å². The van der Waals surface area contributed by atoms with Gasteiger partial charge in [0.15, 0.2) is 0 Å². The smallest absolute Gasteiger partial charge is 0.346 e. The lowest BCUT2D eigenvalue weighted by Gasteiger charge is -2.34. The van der Waals surface area contributed by atoms with E-state index in [4.69, 9.17) is 0 Å². The fourth-order valence-electron chi connectivity index (χ4n) is 3.90. The van der Waals surface area contributed by atoms with Crippen molar-refractivity contribution in [3.05, 3.63) is 62.2 Å². The van der Waals surface area contributed by atoms with Crippen LogP contribution in [0.15, 0.2) is 41.1 Å². The normalized spacial score (nSPS) is 14.8. The molecule has 0 aliphatic carbocycles. The van der Waals surface area contributed by atoms with Crippen LogP contribution < -0.4 is 14.9 Å². The average molecular weight is 521 g/mol. The number of carbonyl (C=O) groups is 2. The molecule has 180 valence electrons. The van der Waals surface area contributed by atoms with Crippen LogP contribution in [0.4, 0.5) is 11.4 Å². The molecule has 2 aromatic heterocycles. The number of carboxylic acids is 1. The molecule has 1 saturated heterocycles. The molecule has 1 aliphatic heterocycles. The number of thiazole rings is 1. The number of nitrogens with one attached hydrogen (secondary N) is 2. The number of rotatable bonds is 8. The van der Waals surface area contributed by atoms with Crippen molar-refractivity contribution in [3.63, 3.8) is 0 Å². The number of amides is 1. The third kappa shape index (κ3) is 6.00. The van der Waals surface area contributed by atoms with E-state index in [1.165, 1.54) is 28.9 Å². The molecule has 0 spiro atoms. The maximum Gasteiger partial charge on any atom is 0.346 e. The average Bonchev–Trinajstić information content (AvgIpc) is 3.44. The van der Waals surface area contributed by atoms with Gasteiger partial charge in [-0.15, -0.1) is 22.7 Å². The van der Waals surface area contributed by atoms with Crippen molar-refractivity contribution in [1.29, 1.82) is 0 Å². The molecule has 0 bridgehead atoms. The Labute approximate surface area is 205 Å². The fourth-order valence-corrected chi connectivity index (χ4v) is 6.30. The van der Waals surface area contributed by atoms with Crippen LogP contribution >= 0.6 is 22.7 Å². The fraction of sp³-hybridized carbons (Fsp3) is 0.318.